The number of fused-ring (bicyclic) bond motifs is 1. The topological polar surface area (TPSA) is 50.2 Å². The van der Waals surface area contributed by atoms with Crippen LogP contribution in [-0.4, -0.2) is 14.6 Å². The summed E-state index contributed by atoms with van der Waals surface area (Å²) in [7, 11) is 0. The first-order valence-corrected chi connectivity index (χ1v) is 5.39. The normalized spacial score (nSPS) is 10.9. The van der Waals surface area contributed by atoms with Gasteiger partial charge in [-0.05, 0) is 13.0 Å². The molecule has 3 rings (SSSR count). The molecule has 0 fully saturated rings. The highest BCUT2D eigenvalue weighted by atomic mass is 16.1. The second-order valence-corrected chi connectivity index (χ2v) is 3.96. The van der Waals surface area contributed by atoms with Crippen LogP contribution >= 0.6 is 0 Å². The fourth-order valence-electron chi connectivity index (χ4n) is 1.91. The maximum Gasteiger partial charge on any atom is 0.266 e. The van der Waals surface area contributed by atoms with Gasteiger partial charge in [0.2, 0.25) is 0 Å². The average molecular weight is 225 g/mol. The molecule has 0 radical (unpaired) electrons. The number of aryl methyl sites for hydroxylation is 1. The van der Waals surface area contributed by atoms with Crippen molar-refractivity contribution in [2.24, 2.45) is 0 Å². The van der Waals surface area contributed by atoms with Crippen LogP contribution in [0.4, 0.5) is 0 Å². The van der Waals surface area contributed by atoms with Crippen LogP contribution in [0.2, 0.25) is 0 Å². The number of hydrogen-bond donors (Lipinski definition) is 1. The number of aromatic amines is 1. The molecule has 0 bridgehead atoms. The van der Waals surface area contributed by atoms with E-state index >= 15 is 0 Å². The predicted molar refractivity (Wildman–Crippen MR) is 66.0 cm³/mol. The van der Waals surface area contributed by atoms with E-state index in [0.29, 0.717) is 5.65 Å². The van der Waals surface area contributed by atoms with Gasteiger partial charge in [0.25, 0.3) is 5.56 Å². The largest absolute Gasteiger partial charge is 0.268 e. The summed E-state index contributed by atoms with van der Waals surface area (Å²) in [6, 6.07) is 13.4. The molecule has 0 saturated carbocycles. The Balaban J connectivity index is 2.29. The van der Waals surface area contributed by atoms with E-state index in [0.717, 1.165) is 17.0 Å². The van der Waals surface area contributed by atoms with Gasteiger partial charge in [0.15, 0.2) is 5.65 Å². The Hall–Kier alpha value is -2.36. The number of nitrogens with one attached hydrogen (secondary N) is 1. The lowest BCUT2D eigenvalue weighted by atomic mass is 10.1. The quantitative estimate of drug-likeness (QED) is 0.688. The maximum atomic E-state index is 11.3. The Bertz CT molecular complexity index is 725. The van der Waals surface area contributed by atoms with Gasteiger partial charge in [-0.2, -0.15) is 0 Å². The first kappa shape index (κ1) is 9.84. The summed E-state index contributed by atoms with van der Waals surface area (Å²) in [6.45, 7) is 1.94. The maximum absolute atomic E-state index is 11.3. The number of rotatable bonds is 1. The molecule has 3 aromatic rings. The third-order valence-corrected chi connectivity index (χ3v) is 2.71. The Labute approximate surface area is 97.5 Å². The van der Waals surface area contributed by atoms with Gasteiger partial charge in [-0.3, -0.25) is 9.89 Å². The molecule has 0 aliphatic rings. The van der Waals surface area contributed by atoms with Gasteiger partial charge in [-0.15, -0.1) is 0 Å². The lowest BCUT2D eigenvalue weighted by Gasteiger charge is -2.04. The number of aromatic nitrogens is 3. The van der Waals surface area contributed by atoms with Gasteiger partial charge in [0.05, 0.1) is 5.69 Å². The molecule has 0 aliphatic carbocycles. The van der Waals surface area contributed by atoms with E-state index < -0.39 is 0 Å². The van der Waals surface area contributed by atoms with Crippen LogP contribution < -0.4 is 5.56 Å². The van der Waals surface area contributed by atoms with Crippen molar-refractivity contribution in [2.75, 3.05) is 0 Å². The molecule has 17 heavy (non-hydrogen) atoms. The van der Waals surface area contributed by atoms with Crippen molar-refractivity contribution in [1.29, 1.82) is 0 Å². The highest BCUT2D eigenvalue weighted by molar-refractivity contribution is 5.62. The standard InChI is InChI=1S/C13H11N3O/c1-9-7-11(10-5-3-2-4-6-10)14-12-8-13(17)15-16(9)12/h2-8H,1H3,(H,15,17). The second-order valence-electron chi connectivity index (χ2n) is 3.96. The summed E-state index contributed by atoms with van der Waals surface area (Å²) in [4.78, 5) is 15.7. The van der Waals surface area contributed by atoms with E-state index in [1.54, 1.807) is 4.52 Å². The molecule has 4 nitrogen and oxygen atoms in total. The zero-order valence-corrected chi connectivity index (χ0v) is 9.34. The highest BCUT2D eigenvalue weighted by Gasteiger charge is 2.05. The van der Waals surface area contributed by atoms with Crippen LogP contribution in [0, 0.1) is 6.92 Å². The Kier molecular flexibility index (Phi) is 2.08. The Morgan fingerprint density at radius 2 is 1.94 bits per heavy atom. The van der Waals surface area contributed by atoms with Gasteiger partial charge in [-0.25, -0.2) is 9.50 Å². The third-order valence-electron chi connectivity index (χ3n) is 2.71. The monoisotopic (exact) mass is 225 g/mol. The van der Waals surface area contributed by atoms with Gasteiger partial charge in [0, 0.05) is 17.3 Å². The van der Waals surface area contributed by atoms with Crippen LogP contribution in [0.1, 0.15) is 5.69 Å². The van der Waals surface area contributed by atoms with E-state index in [-0.39, 0.29) is 5.56 Å². The SMILES string of the molecule is Cc1cc(-c2ccccc2)nc2cc(=O)[nH]n12. The molecule has 0 aliphatic heterocycles. The van der Waals surface area contributed by atoms with Crippen molar-refractivity contribution in [3.63, 3.8) is 0 Å². The lowest BCUT2D eigenvalue weighted by Crippen LogP contribution is -2.01. The first-order chi connectivity index (χ1) is 8.24. The van der Waals surface area contributed by atoms with Gasteiger partial charge in [0.1, 0.15) is 0 Å². The summed E-state index contributed by atoms with van der Waals surface area (Å²) in [5, 5.41) is 2.70. The Morgan fingerprint density at radius 3 is 2.71 bits per heavy atom. The van der Waals surface area contributed by atoms with Crippen LogP contribution in [-0.2, 0) is 0 Å². The summed E-state index contributed by atoms with van der Waals surface area (Å²) in [6.07, 6.45) is 0. The Morgan fingerprint density at radius 1 is 1.18 bits per heavy atom. The zero-order valence-electron chi connectivity index (χ0n) is 9.34. The molecule has 0 amide bonds. The predicted octanol–water partition coefficient (Wildman–Crippen LogP) is 2.00. The van der Waals surface area contributed by atoms with E-state index in [2.05, 4.69) is 10.1 Å². The number of H-pyrrole nitrogens is 1. The number of hydrogen-bond acceptors (Lipinski definition) is 2. The molecular formula is C13H11N3O. The summed E-state index contributed by atoms with van der Waals surface area (Å²) < 4.78 is 1.69. The van der Waals surface area contributed by atoms with Crippen LogP contribution in [0.5, 0.6) is 0 Å². The molecule has 0 saturated heterocycles. The molecule has 1 N–H and O–H groups in total. The smallest absolute Gasteiger partial charge is 0.266 e. The van der Waals surface area contributed by atoms with Crippen LogP contribution in [0.25, 0.3) is 16.9 Å². The van der Waals surface area contributed by atoms with Crippen LogP contribution in [0.3, 0.4) is 0 Å². The van der Waals surface area contributed by atoms with Crippen molar-refractivity contribution >= 4 is 5.65 Å². The lowest BCUT2D eigenvalue weighted by molar-refractivity contribution is 0.880. The highest BCUT2D eigenvalue weighted by Crippen LogP contribution is 2.18. The second kappa shape index (κ2) is 3.59. The average Bonchev–Trinajstić information content (AvgIpc) is 2.71. The minimum atomic E-state index is -0.134. The molecule has 0 unspecified atom stereocenters. The molecule has 0 atom stereocenters. The van der Waals surface area contributed by atoms with Crippen molar-refractivity contribution in [3.05, 3.63) is 58.5 Å². The molecule has 84 valence electrons. The molecular weight excluding hydrogens is 214 g/mol. The van der Waals surface area contributed by atoms with Crippen molar-refractivity contribution < 1.29 is 0 Å². The van der Waals surface area contributed by atoms with Crippen molar-refractivity contribution in [2.45, 2.75) is 6.92 Å². The minimum Gasteiger partial charge on any atom is -0.268 e. The molecule has 2 heterocycles. The van der Waals surface area contributed by atoms with E-state index in [1.807, 2.05) is 43.3 Å². The number of benzene rings is 1. The van der Waals surface area contributed by atoms with Crippen LogP contribution in [0.15, 0.2) is 47.3 Å². The number of nitrogens with zero attached hydrogens (tertiary/aromatic N) is 2. The zero-order chi connectivity index (χ0) is 11.8. The first-order valence-electron chi connectivity index (χ1n) is 5.39. The molecule has 1 aromatic carbocycles. The summed E-state index contributed by atoms with van der Waals surface area (Å²) >= 11 is 0. The third kappa shape index (κ3) is 1.63. The van der Waals surface area contributed by atoms with Gasteiger partial charge in [-0.1, -0.05) is 30.3 Å². The van der Waals surface area contributed by atoms with E-state index in [4.69, 9.17) is 0 Å². The van der Waals surface area contributed by atoms with E-state index in [1.165, 1.54) is 6.07 Å². The van der Waals surface area contributed by atoms with Crippen molar-refractivity contribution in [3.8, 4) is 11.3 Å². The van der Waals surface area contributed by atoms with Crippen molar-refractivity contribution in [1.82, 2.24) is 14.6 Å². The molecule has 2 aromatic heterocycles. The van der Waals surface area contributed by atoms with E-state index in [9.17, 15) is 4.79 Å². The van der Waals surface area contributed by atoms with Gasteiger partial charge < -0.3 is 0 Å². The molecule has 4 heteroatoms. The summed E-state index contributed by atoms with van der Waals surface area (Å²) in [5.74, 6) is 0. The fraction of sp³-hybridized carbons (Fsp3) is 0.0769. The minimum absolute atomic E-state index is 0.134. The summed E-state index contributed by atoms with van der Waals surface area (Å²) in [5.41, 5.74) is 3.39. The van der Waals surface area contributed by atoms with Gasteiger partial charge >= 0.3 is 0 Å². The fourth-order valence-corrected chi connectivity index (χ4v) is 1.91. The molecule has 0 spiro atoms.